The normalized spacial score (nSPS) is 28.1. The molecule has 0 amide bonds. The van der Waals surface area contributed by atoms with Crippen LogP contribution >= 0.6 is 11.6 Å². The molecule has 0 aliphatic carbocycles. The highest BCUT2D eigenvalue weighted by Gasteiger charge is 2.57. The molecule has 4 atom stereocenters. The fourth-order valence-corrected chi connectivity index (χ4v) is 6.96. The summed E-state index contributed by atoms with van der Waals surface area (Å²) in [5.74, 6) is 0.687. The molecule has 0 unspecified atom stereocenters. The molecule has 178 valence electrons. The molecule has 2 aliphatic rings. The Balaban J connectivity index is 1.64. The predicted molar refractivity (Wildman–Crippen MR) is 125 cm³/mol. The van der Waals surface area contributed by atoms with Gasteiger partial charge < -0.3 is 18.6 Å². The van der Waals surface area contributed by atoms with Gasteiger partial charge in [-0.25, -0.2) is 15.0 Å². The van der Waals surface area contributed by atoms with Crippen molar-refractivity contribution in [3.63, 3.8) is 0 Å². The molecular formula is C22H35ClN4O4Si. The van der Waals surface area contributed by atoms with Crippen LogP contribution in [0.15, 0.2) is 12.5 Å². The first-order valence-electron chi connectivity index (χ1n) is 11.3. The molecule has 32 heavy (non-hydrogen) atoms. The first-order valence-corrected chi connectivity index (χ1v) is 14.7. The summed E-state index contributed by atoms with van der Waals surface area (Å²) < 4.78 is 27.7. The Hall–Kier alpha value is -1.10. The number of hydrogen-bond acceptors (Lipinski definition) is 7. The van der Waals surface area contributed by atoms with Crippen LogP contribution in [0.2, 0.25) is 18.1 Å². The van der Waals surface area contributed by atoms with Crippen LogP contribution in [0.1, 0.15) is 53.6 Å². The molecule has 0 N–H and O–H groups in total. The highest BCUT2D eigenvalue weighted by Crippen LogP contribution is 2.47. The number of aromatic nitrogens is 4. The molecule has 0 radical (unpaired) electrons. The molecule has 2 saturated heterocycles. The van der Waals surface area contributed by atoms with E-state index in [2.05, 4.69) is 55.7 Å². The Bertz CT molecular complexity index is 980. The zero-order chi connectivity index (χ0) is 23.5. The van der Waals surface area contributed by atoms with Crippen molar-refractivity contribution in [3.05, 3.63) is 18.3 Å². The molecule has 0 saturated carbocycles. The number of fused-ring (bicyclic) bond motifs is 2. The van der Waals surface area contributed by atoms with Crippen molar-refractivity contribution in [2.45, 2.75) is 95.9 Å². The van der Waals surface area contributed by atoms with Gasteiger partial charge in [0.2, 0.25) is 0 Å². The van der Waals surface area contributed by atoms with Crippen molar-refractivity contribution in [1.82, 2.24) is 19.5 Å². The van der Waals surface area contributed by atoms with Crippen LogP contribution < -0.4 is 0 Å². The van der Waals surface area contributed by atoms with E-state index in [0.717, 1.165) is 0 Å². The van der Waals surface area contributed by atoms with Crippen LogP contribution in [0, 0.1) is 5.92 Å². The van der Waals surface area contributed by atoms with E-state index in [0.29, 0.717) is 29.5 Å². The van der Waals surface area contributed by atoms with E-state index in [1.807, 2.05) is 18.4 Å². The zero-order valence-corrected chi connectivity index (χ0v) is 22.0. The van der Waals surface area contributed by atoms with Crippen LogP contribution in [0.5, 0.6) is 0 Å². The molecule has 4 heterocycles. The monoisotopic (exact) mass is 482 g/mol. The highest BCUT2D eigenvalue weighted by molar-refractivity contribution is 6.74. The van der Waals surface area contributed by atoms with Gasteiger partial charge in [-0.1, -0.05) is 27.7 Å². The summed E-state index contributed by atoms with van der Waals surface area (Å²) in [6.45, 7) is 18.0. The second-order valence-corrected chi connectivity index (χ2v) is 15.5. The minimum absolute atomic E-state index is 0.111. The second-order valence-electron chi connectivity index (χ2n) is 10.6. The number of hydrogen-bond donors (Lipinski definition) is 0. The second kappa shape index (κ2) is 8.28. The van der Waals surface area contributed by atoms with E-state index in [9.17, 15) is 0 Å². The number of nitrogens with zero attached hydrogens (tertiary/aromatic N) is 4. The summed E-state index contributed by atoms with van der Waals surface area (Å²) in [5, 5.41) is 0.111. The van der Waals surface area contributed by atoms with Crippen LogP contribution in [0.3, 0.4) is 0 Å². The maximum Gasteiger partial charge on any atom is 0.192 e. The first kappa shape index (κ1) is 24.0. The fourth-order valence-electron chi connectivity index (χ4n) is 4.43. The Morgan fingerprint density at radius 2 is 1.94 bits per heavy atom. The van der Waals surface area contributed by atoms with E-state index < -0.39 is 20.3 Å². The molecule has 4 rings (SSSR count). The van der Waals surface area contributed by atoms with Crippen molar-refractivity contribution in [2.24, 2.45) is 5.92 Å². The maximum absolute atomic E-state index is 6.63. The van der Waals surface area contributed by atoms with Gasteiger partial charge in [0.15, 0.2) is 26.0 Å². The van der Waals surface area contributed by atoms with Crippen LogP contribution in [-0.2, 0) is 24.5 Å². The van der Waals surface area contributed by atoms with E-state index in [1.165, 1.54) is 6.33 Å². The lowest BCUT2D eigenvalue weighted by atomic mass is 9.99. The lowest BCUT2D eigenvalue weighted by Crippen LogP contribution is -2.47. The van der Waals surface area contributed by atoms with Gasteiger partial charge >= 0.3 is 0 Å². The smallest absolute Gasteiger partial charge is 0.192 e. The van der Waals surface area contributed by atoms with Crippen molar-refractivity contribution in [1.29, 1.82) is 0 Å². The number of ether oxygens (including phenoxy) is 3. The van der Waals surface area contributed by atoms with Crippen molar-refractivity contribution < 1.29 is 18.6 Å². The van der Waals surface area contributed by atoms with Gasteiger partial charge in [0, 0.05) is 0 Å². The molecule has 10 heteroatoms. The average Bonchev–Trinajstić information content (AvgIpc) is 3.34. The predicted octanol–water partition coefficient (Wildman–Crippen LogP) is 4.64. The summed E-state index contributed by atoms with van der Waals surface area (Å²) in [4.78, 5) is 13.1. The van der Waals surface area contributed by atoms with Gasteiger partial charge in [-0.3, -0.25) is 4.57 Å². The summed E-state index contributed by atoms with van der Waals surface area (Å²) in [6.07, 6.45) is 1.86. The maximum atomic E-state index is 6.63. The summed E-state index contributed by atoms with van der Waals surface area (Å²) >= 11 is 6.24. The Kier molecular flexibility index (Phi) is 6.22. The summed E-state index contributed by atoms with van der Waals surface area (Å²) in [7, 11) is -2.03. The molecule has 0 bridgehead atoms. The minimum Gasteiger partial charge on any atom is -0.414 e. The van der Waals surface area contributed by atoms with Crippen LogP contribution in [-0.4, -0.2) is 58.5 Å². The molecule has 2 aliphatic heterocycles. The van der Waals surface area contributed by atoms with Crippen molar-refractivity contribution >= 4 is 31.1 Å². The van der Waals surface area contributed by atoms with Gasteiger partial charge in [-0.15, -0.1) is 11.6 Å². The Morgan fingerprint density at radius 1 is 1.25 bits per heavy atom. The first-order chi connectivity index (χ1) is 14.9. The lowest BCUT2D eigenvalue weighted by molar-refractivity contribution is -0.199. The highest BCUT2D eigenvalue weighted by atomic mass is 35.5. The van der Waals surface area contributed by atoms with E-state index in [-0.39, 0.29) is 29.2 Å². The number of alkyl halides is 1. The van der Waals surface area contributed by atoms with E-state index in [4.69, 9.17) is 30.2 Å². The molecule has 2 fully saturated rings. The zero-order valence-electron chi connectivity index (χ0n) is 20.3. The largest absolute Gasteiger partial charge is 0.414 e. The van der Waals surface area contributed by atoms with Gasteiger partial charge in [0.25, 0.3) is 0 Å². The third kappa shape index (κ3) is 4.01. The van der Waals surface area contributed by atoms with E-state index >= 15 is 0 Å². The van der Waals surface area contributed by atoms with Gasteiger partial charge in [0.1, 0.15) is 36.0 Å². The SMILES string of the molecule is CC(C)C(C)(C)[Si](C)(C)OC[C@H]1O[C@@H](n2c(CCl)nc3cncnc32)[C@@H]2OC(C)(C)O[C@@H]21. The fraction of sp³-hybridized carbons (Fsp3) is 0.773. The third-order valence-electron chi connectivity index (χ3n) is 7.53. The van der Waals surface area contributed by atoms with E-state index in [1.54, 1.807) is 6.20 Å². The van der Waals surface area contributed by atoms with Crippen molar-refractivity contribution in [2.75, 3.05) is 6.61 Å². The van der Waals surface area contributed by atoms with Gasteiger partial charge in [-0.2, -0.15) is 0 Å². The third-order valence-corrected chi connectivity index (χ3v) is 12.3. The van der Waals surface area contributed by atoms with Crippen molar-refractivity contribution in [3.8, 4) is 0 Å². The lowest BCUT2D eigenvalue weighted by Gasteiger charge is -2.43. The minimum atomic E-state index is -2.03. The topological polar surface area (TPSA) is 80.5 Å². The molecule has 2 aromatic heterocycles. The van der Waals surface area contributed by atoms with Crippen LogP contribution in [0.4, 0.5) is 0 Å². The van der Waals surface area contributed by atoms with Gasteiger partial charge in [-0.05, 0) is 37.9 Å². The quantitative estimate of drug-likeness (QED) is 0.420. The summed E-state index contributed by atoms with van der Waals surface area (Å²) in [5.41, 5.74) is 1.35. The summed E-state index contributed by atoms with van der Waals surface area (Å²) in [6, 6.07) is 0. The standard InChI is InChI=1S/C22H35ClN4O4Si/c1-13(2)21(3,4)32(7,8)28-11-15-17-18(31-22(5,6)30-17)20(29-15)27-16(9-23)26-14-10-24-12-25-19(14)27/h10,12-13,15,17-18,20H,9,11H2,1-8H3/t15-,17-,18-,20-/m1/s1. The Morgan fingerprint density at radius 3 is 2.59 bits per heavy atom. The molecule has 0 aromatic carbocycles. The van der Waals surface area contributed by atoms with Crippen LogP contribution in [0.25, 0.3) is 11.2 Å². The number of rotatable bonds is 7. The molecular weight excluding hydrogens is 448 g/mol. The molecule has 8 nitrogen and oxygen atoms in total. The number of halogens is 1. The average molecular weight is 483 g/mol. The molecule has 2 aromatic rings. The van der Waals surface area contributed by atoms with Gasteiger partial charge in [0.05, 0.1) is 18.7 Å². The Labute approximate surface area is 196 Å². The molecule has 0 spiro atoms. The number of imidazole rings is 1.